The maximum absolute atomic E-state index is 6.28. The lowest BCUT2D eigenvalue weighted by atomic mass is 9.88. The average molecular weight is 371 g/mol. The summed E-state index contributed by atoms with van der Waals surface area (Å²) < 4.78 is 6.08. The van der Waals surface area contributed by atoms with Crippen LogP contribution >= 0.6 is 11.6 Å². The molecular weight excluding hydrogens is 352 g/mol. The molecular formula is C25H19ClO. The fourth-order valence-corrected chi connectivity index (χ4v) is 4.09. The predicted octanol–water partition coefficient (Wildman–Crippen LogP) is 7.89. The van der Waals surface area contributed by atoms with Gasteiger partial charge in [0.05, 0.1) is 0 Å². The lowest BCUT2D eigenvalue weighted by molar-refractivity contribution is 0.669. The molecule has 0 saturated carbocycles. The first-order chi connectivity index (χ1) is 13.2. The minimum absolute atomic E-state index is 0.601. The number of hydrogen-bond donors (Lipinski definition) is 0. The summed E-state index contributed by atoms with van der Waals surface area (Å²) in [4.78, 5) is 0. The van der Waals surface area contributed by atoms with E-state index in [2.05, 4.69) is 61.5 Å². The zero-order valence-corrected chi connectivity index (χ0v) is 15.8. The van der Waals surface area contributed by atoms with Gasteiger partial charge in [0.15, 0.2) is 0 Å². The van der Waals surface area contributed by atoms with Crippen molar-refractivity contribution in [2.24, 2.45) is 5.92 Å². The van der Waals surface area contributed by atoms with E-state index in [0.717, 1.165) is 33.4 Å². The first-order valence-corrected chi connectivity index (χ1v) is 9.67. The molecule has 0 radical (unpaired) electrons. The van der Waals surface area contributed by atoms with E-state index >= 15 is 0 Å². The highest BCUT2D eigenvalue weighted by atomic mass is 35.5. The maximum atomic E-state index is 6.28. The van der Waals surface area contributed by atoms with Gasteiger partial charge in [-0.3, -0.25) is 0 Å². The summed E-state index contributed by atoms with van der Waals surface area (Å²) in [5, 5.41) is 2.90. The Morgan fingerprint density at radius 2 is 1.70 bits per heavy atom. The third-order valence-corrected chi connectivity index (χ3v) is 5.53. The van der Waals surface area contributed by atoms with Gasteiger partial charge < -0.3 is 4.42 Å². The number of rotatable bonds is 2. The van der Waals surface area contributed by atoms with Crippen molar-refractivity contribution in [1.82, 2.24) is 0 Å². The van der Waals surface area contributed by atoms with E-state index in [1.54, 1.807) is 0 Å². The van der Waals surface area contributed by atoms with Gasteiger partial charge in [-0.15, -0.1) is 0 Å². The minimum Gasteiger partial charge on any atom is -0.456 e. The third-order valence-electron chi connectivity index (χ3n) is 5.30. The van der Waals surface area contributed by atoms with Gasteiger partial charge in [0.25, 0.3) is 0 Å². The van der Waals surface area contributed by atoms with E-state index in [0.29, 0.717) is 5.92 Å². The number of benzene rings is 3. The highest BCUT2D eigenvalue weighted by Gasteiger charge is 2.16. The van der Waals surface area contributed by atoms with E-state index < -0.39 is 0 Å². The van der Waals surface area contributed by atoms with E-state index in [1.807, 2.05) is 24.3 Å². The van der Waals surface area contributed by atoms with Gasteiger partial charge in [0.1, 0.15) is 11.2 Å². The lowest BCUT2D eigenvalue weighted by Gasteiger charge is -2.16. The van der Waals surface area contributed by atoms with Gasteiger partial charge in [-0.2, -0.15) is 0 Å². The summed E-state index contributed by atoms with van der Waals surface area (Å²) in [6.45, 7) is 2.25. The van der Waals surface area contributed by atoms with Crippen molar-refractivity contribution in [3.05, 3.63) is 89.5 Å². The summed E-state index contributed by atoms with van der Waals surface area (Å²) in [6, 6.07) is 20.7. The Bertz CT molecular complexity index is 1230. The monoisotopic (exact) mass is 370 g/mol. The molecule has 1 atom stereocenters. The first-order valence-electron chi connectivity index (χ1n) is 9.29. The molecule has 4 aromatic rings. The van der Waals surface area contributed by atoms with Gasteiger partial charge >= 0.3 is 0 Å². The Labute approximate surface area is 163 Å². The van der Waals surface area contributed by atoms with Crippen LogP contribution in [-0.4, -0.2) is 0 Å². The molecule has 0 saturated heterocycles. The quantitative estimate of drug-likeness (QED) is 0.349. The Balaban J connectivity index is 1.79. The Hall–Kier alpha value is -2.77. The molecule has 0 amide bonds. The molecule has 0 N–H and O–H groups in total. The van der Waals surface area contributed by atoms with Crippen LogP contribution in [0.1, 0.15) is 18.9 Å². The van der Waals surface area contributed by atoms with E-state index in [9.17, 15) is 0 Å². The molecule has 0 unspecified atom stereocenters. The van der Waals surface area contributed by atoms with Gasteiger partial charge in [-0.05, 0) is 58.9 Å². The normalized spacial score (nSPS) is 16.8. The van der Waals surface area contributed by atoms with Gasteiger partial charge in [0, 0.05) is 15.8 Å². The van der Waals surface area contributed by atoms with Gasteiger partial charge in [-0.1, -0.05) is 73.2 Å². The lowest BCUT2D eigenvalue weighted by Crippen LogP contribution is -1.96. The zero-order chi connectivity index (χ0) is 18.4. The molecule has 3 aromatic carbocycles. The van der Waals surface area contributed by atoms with Crippen LogP contribution in [0.5, 0.6) is 0 Å². The summed E-state index contributed by atoms with van der Waals surface area (Å²) >= 11 is 6.28. The molecule has 1 heterocycles. The molecule has 0 bridgehead atoms. The molecule has 5 rings (SSSR count). The van der Waals surface area contributed by atoms with Crippen molar-refractivity contribution in [2.75, 3.05) is 0 Å². The molecule has 1 aliphatic carbocycles. The highest BCUT2D eigenvalue weighted by molar-refractivity contribution is 6.32. The number of furan rings is 1. The van der Waals surface area contributed by atoms with Crippen LogP contribution in [-0.2, 0) is 0 Å². The Morgan fingerprint density at radius 3 is 2.52 bits per heavy atom. The smallest absolute Gasteiger partial charge is 0.136 e. The number of hydrogen-bond acceptors (Lipinski definition) is 1. The molecule has 132 valence electrons. The van der Waals surface area contributed by atoms with Crippen LogP contribution in [0.4, 0.5) is 0 Å². The second-order valence-electron chi connectivity index (χ2n) is 7.20. The molecule has 0 spiro atoms. The summed E-state index contributed by atoms with van der Waals surface area (Å²) in [7, 11) is 0. The third kappa shape index (κ3) is 2.79. The Kier molecular flexibility index (Phi) is 3.91. The van der Waals surface area contributed by atoms with Crippen molar-refractivity contribution in [3.8, 4) is 11.1 Å². The number of fused-ring (bicyclic) bond motifs is 3. The van der Waals surface area contributed by atoms with Crippen LogP contribution < -0.4 is 0 Å². The number of halogens is 1. The minimum atomic E-state index is 0.601. The average Bonchev–Trinajstić information content (AvgIpc) is 3.06. The standard InChI is InChI=1S/C25H19ClO/c1-16-9-11-17(12-10-16)19-5-2-3-6-20(19)21-7-4-8-24-25(21)22-15-18(26)13-14-23(22)27-24/h2-9,11-16H,10H2,1H3/t16-/m1/s1. The molecule has 1 aliphatic rings. The number of allylic oxidation sites excluding steroid dienone is 4. The fourth-order valence-electron chi connectivity index (χ4n) is 3.92. The molecule has 1 nitrogen and oxygen atoms in total. The van der Waals surface area contributed by atoms with Crippen LogP contribution in [0.2, 0.25) is 5.02 Å². The van der Waals surface area contributed by atoms with Crippen molar-refractivity contribution < 1.29 is 4.42 Å². The van der Waals surface area contributed by atoms with Crippen LogP contribution in [0.15, 0.2) is 83.3 Å². The van der Waals surface area contributed by atoms with Crippen LogP contribution in [0.25, 0.3) is 38.6 Å². The topological polar surface area (TPSA) is 13.1 Å². The predicted molar refractivity (Wildman–Crippen MR) is 115 cm³/mol. The van der Waals surface area contributed by atoms with E-state index in [-0.39, 0.29) is 0 Å². The summed E-state index contributed by atoms with van der Waals surface area (Å²) in [5.74, 6) is 0.601. The van der Waals surface area contributed by atoms with Gasteiger partial charge in [-0.25, -0.2) is 0 Å². The van der Waals surface area contributed by atoms with Gasteiger partial charge in [0.2, 0.25) is 0 Å². The maximum Gasteiger partial charge on any atom is 0.136 e. The van der Waals surface area contributed by atoms with Crippen molar-refractivity contribution in [3.63, 3.8) is 0 Å². The van der Waals surface area contributed by atoms with E-state index in [1.165, 1.54) is 22.3 Å². The summed E-state index contributed by atoms with van der Waals surface area (Å²) in [5.41, 5.74) is 6.69. The second-order valence-corrected chi connectivity index (χ2v) is 7.63. The highest BCUT2D eigenvalue weighted by Crippen LogP contribution is 2.40. The summed E-state index contributed by atoms with van der Waals surface area (Å²) in [6.07, 6.45) is 7.96. The molecule has 27 heavy (non-hydrogen) atoms. The Morgan fingerprint density at radius 1 is 0.889 bits per heavy atom. The van der Waals surface area contributed by atoms with Crippen LogP contribution in [0, 0.1) is 5.92 Å². The van der Waals surface area contributed by atoms with Crippen molar-refractivity contribution in [2.45, 2.75) is 13.3 Å². The van der Waals surface area contributed by atoms with Crippen molar-refractivity contribution in [1.29, 1.82) is 0 Å². The first kappa shape index (κ1) is 16.4. The SMILES string of the molecule is C[C@@H]1C=CC(c2ccccc2-c2cccc3oc4ccc(Cl)cc4c23)=CC1. The van der Waals surface area contributed by atoms with Crippen LogP contribution in [0.3, 0.4) is 0 Å². The second kappa shape index (κ2) is 6.44. The largest absolute Gasteiger partial charge is 0.456 e. The zero-order valence-electron chi connectivity index (χ0n) is 15.1. The molecule has 0 aliphatic heterocycles. The molecule has 0 fully saturated rings. The van der Waals surface area contributed by atoms with E-state index in [4.69, 9.17) is 16.0 Å². The molecule has 2 heteroatoms. The molecule has 1 aromatic heterocycles. The fraction of sp³-hybridized carbons (Fsp3) is 0.120. The van der Waals surface area contributed by atoms with Crippen molar-refractivity contribution >= 4 is 39.1 Å².